The number of hydrogen-bond acceptors (Lipinski definition) is 3. The van der Waals surface area contributed by atoms with Gasteiger partial charge in [-0.05, 0) is 26.4 Å². The minimum Gasteiger partial charge on any atom is -0.374 e. The van der Waals surface area contributed by atoms with E-state index in [1.807, 2.05) is 0 Å². The molecule has 2 heterocycles. The SMILES string of the molecule is CN1CCOC(CN2CCC[C@H]2CCl)C1. The van der Waals surface area contributed by atoms with Crippen LogP contribution >= 0.6 is 11.6 Å². The summed E-state index contributed by atoms with van der Waals surface area (Å²) in [4.78, 5) is 4.84. The largest absolute Gasteiger partial charge is 0.374 e. The molecule has 0 amide bonds. The van der Waals surface area contributed by atoms with Crippen molar-refractivity contribution in [1.29, 1.82) is 0 Å². The third-order valence-electron chi connectivity index (χ3n) is 3.46. The van der Waals surface area contributed by atoms with Gasteiger partial charge in [0, 0.05) is 31.6 Å². The van der Waals surface area contributed by atoms with Gasteiger partial charge in [-0.1, -0.05) is 0 Å². The average molecular weight is 233 g/mol. The quantitative estimate of drug-likeness (QED) is 0.676. The number of likely N-dealkylation sites (tertiary alicyclic amines) is 1. The highest BCUT2D eigenvalue weighted by molar-refractivity contribution is 6.18. The molecule has 0 aromatic heterocycles. The van der Waals surface area contributed by atoms with E-state index in [9.17, 15) is 0 Å². The highest BCUT2D eigenvalue weighted by Gasteiger charge is 2.27. The second kappa shape index (κ2) is 5.48. The zero-order valence-electron chi connectivity index (χ0n) is 9.49. The van der Waals surface area contributed by atoms with Crippen LogP contribution in [0.5, 0.6) is 0 Å². The second-order valence-electron chi connectivity index (χ2n) is 4.70. The second-order valence-corrected chi connectivity index (χ2v) is 5.01. The number of likely N-dealkylation sites (N-methyl/N-ethyl adjacent to an activating group) is 1. The van der Waals surface area contributed by atoms with E-state index in [-0.39, 0.29) is 0 Å². The Morgan fingerprint density at radius 3 is 3.00 bits per heavy atom. The van der Waals surface area contributed by atoms with E-state index in [1.54, 1.807) is 0 Å². The molecular formula is C11H21ClN2O. The van der Waals surface area contributed by atoms with E-state index in [0.29, 0.717) is 12.1 Å². The molecule has 4 heteroatoms. The fourth-order valence-corrected chi connectivity index (χ4v) is 2.90. The minimum atomic E-state index is 0.382. The topological polar surface area (TPSA) is 15.7 Å². The van der Waals surface area contributed by atoms with E-state index in [0.717, 1.165) is 32.1 Å². The molecule has 2 atom stereocenters. The van der Waals surface area contributed by atoms with Crippen LogP contribution in [0.3, 0.4) is 0 Å². The molecule has 0 spiro atoms. The number of ether oxygens (including phenoxy) is 1. The van der Waals surface area contributed by atoms with Crippen molar-refractivity contribution < 1.29 is 4.74 Å². The van der Waals surface area contributed by atoms with Gasteiger partial charge in [-0.25, -0.2) is 0 Å². The Morgan fingerprint density at radius 2 is 2.27 bits per heavy atom. The van der Waals surface area contributed by atoms with Crippen LogP contribution in [0.1, 0.15) is 12.8 Å². The number of hydrogen-bond donors (Lipinski definition) is 0. The number of alkyl halides is 1. The van der Waals surface area contributed by atoms with Crippen LogP contribution in [0.25, 0.3) is 0 Å². The van der Waals surface area contributed by atoms with Crippen LogP contribution in [0.15, 0.2) is 0 Å². The van der Waals surface area contributed by atoms with Crippen LogP contribution < -0.4 is 0 Å². The first-order valence-electron chi connectivity index (χ1n) is 5.89. The Hall–Kier alpha value is 0.170. The molecule has 0 saturated carbocycles. The fourth-order valence-electron chi connectivity index (χ4n) is 2.55. The Kier molecular flexibility index (Phi) is 4.26. The first kappa shape index (κ1) is 11.6. The number of rotatable bonds is 3. The molecule has 0 aromatic carbocycles. The molecule has 0 radical (unpaired) electrons. The van der Waals surface area contributed by atoms with Crippen LogP contribution in [0, 0.1) is 0 Å². The molecule has 0 aliphatic carbocycles. The predicted octanol–water partition coefficient (Wildman–Crippen LogP) is 1.02. The van der Waals surface area contributed by atoms with Crippen LogP contribution in [0.2, 0.25) is 0 Å². The molecule has 15 heavy (non-hydrogen) atoms. The predicted molar refractivity (Wildman–Crippen MR) is 62.6 cm³/mol. The lowest BCUT2D eigenvalue weighted by molar-refractivity contribution is -0.0363. The van der Waals surface area contributed by atoms with Crippen molar-refractivity contribution in [2.24, 2.45) is 0 Å². The highest BCUT2D eigenvalue weighted by Crippen LogP contribution is 2.19. The number of nitrogens with zero attached hydrogens (tertiary/aromatic N) is 2. The third kappa shape index (κ3) is 3.06. The zero-order chi connectivity index (χ0) is 10.7. The summed E-state index contributed by atoms with van der Waals surface area (Å²) in [6.45, 7) is 5.25. The minimum absolute atomic E-state index is 0.382. The molecule has 1 unspecified atom stereocenters. The molecule has 2 aliphatic rings. The third-order valence-corrected chi connectivity index (χ3v) is 3.81. The van der Waals surface area contributed by atoms with E-state index in [1.165, 1.54) is 19.4 Å². The lowest BCUT2D eigenvalue weighted by Gasteiger charge is -2.34. The standard InChI is InChI=1S/C11H21ClN2O/c1-13-5-6-15-11(8-13)9-14-4-2-3-10(14)7-12/h10-11H,2-9H2,1H3/t10-,11?/m0/s1. The Morgan fingerprint density at radius 1 is 1.40 bits per heavy atom. The van der Waals surface area contributed by atoms with Crippen molar-refractivity contribution in [1.82, 2.24) is 9.80 Å². The molecule has 0 aromatic rings. The maximum Gasteiger partial charge on any atom is 0.0829 e. The van der Waals surface area contributed by atoms with Crippen molar-refractivity contribution >= 4 is 11.6 Å². The fraction of sp³-hybridized carbons (Fsp3) is 1.00. The van der Waals surface area contributed by atoms with Gasteiger partial charge in [0.1, 0.15) is 0 Å². The van der Waals surface area contributed by atoms with Gasteiger partial charge in [-0.2, -0.15) is 0 Å². The first-order valence-corrected chi connectivity index (χ1v) is 6.43. The van der Waals surface area contributed by atoms with Crippen molar-refractivity contribution in [3.63, 3.8) is 0 Å². The lowest BCUT2D eigenvalue weighted by atomic mass is 10.2. The van der Waals surface area contributed by atoms with Crippen molar-refractivity contribution in [3.05, 3.63) is 0 Å². The number of halogens is 1. The van der Waals surface area contributed by atoms with Gasteiger partial charge in [0.2, 0.25) is 0 Å². The van der Waals surface area contributed by atoms with E-state index in [2.05, 4.69) is 16.8 Å². The van der Waals surface area contributed by atoms with Gasteiger partial charge in [-0.3, -0.25) is 4.90 Å². The maximum absolute atomic E-state index is 5.96. The van der Waals surface area contributed by atoms with Gasteiger partial charge in [-0.15, -0.1) is 11.6 Å². The van der Waals surface area contributed by atoms with Gasteiger partial charge < -0.3 is 9.64 Å². The summed E-state index contributed by atoms with van der Waals surface area (Å²) in [5.41, 5.74) is 0. The summed E-state index contributed by atoms with van der Waals surface area (Å²) in [5, 5.41) is 0. The smallest absolute Gasteiger partial charge is 0.0829 e. The summed E-state index contributed by atoms with van der Waals surface area (Å²) in [6.07, 6.45) is 2.93. The maximum atomic E-state index is 5.96. The number of morpholine rings is 1. The van der Waals surface area contributed by atoms with Crippen molar-refractivity contribution in [2.75, 3.05) is 45.7 Å². The summed E-state index contributed by atoms with van der Waals surface area (Å²) in [5.74, 6) is 0.766. The zero-order valence-corrected chi connectivity index (χ0v) is 10.2. The van der Waals surface area contributed by atoms with Crippen LogP contribution in [0.4, 0.5) is 0 Å². The Balaban J connectivity index is 1.80. The average Bonchev–Trinajstić information content (AvgIpc) is 2.65. The van der Waals surface area contributed by atoms with E-state index in [4.69, 9.17) is 16.3 Å². The first-order chi connectivity index (χ1) is 7.29. The Bertz CT molecular complexity index is 203. The lowest BCUT2D eigenvalue weighted by Crippen LogP contribution is -2.47. The molecule has 0 N–H and O–H groups in total. The van der Waals surface area contributed by atoms with Crippen molar-refractivity contribution in [3.8, 4) is 0 Å². The molecular weight excluding hydrogens is 212 g/mol. The van der Waals surface area contributed by atoms with Crippen molar-refractivity contribution in [2.45, 2.75) is 25.0 Å². The molecule has 0 bridgehead atoms. The van der Waals surface area contributed by atoms with Crippen LogP contribution in [-0.2, 0) is 4.74 Å². The van der Waals surface area contributed by atoms with Gasteiger partial charge in [0.05, 0.1) is 12.7 Å². The normalized spacial score (nSPS) is 34.8. The summed E-state index contributed by atoms with van der Waals surface area (Å²) < 4.78 is 5.78. The highest BCUT2D eigenvalue weighted by atomic mass is 35.5. The van der Waals surface area contributed by atoms with Gasteiger partial charge in [0.15, 0.2) is 0 Å². The molecule has 2 saturated heterocycles. The monoisotopic (exact) mass is 232 g/mol. The van der Waals surface area contributed by atoms with E-state index >= 15 is 0 Å². The summed E-state index contributed by atoms with van der Waals surface area (Å²) in [6, 6.07) is 0.586. The van der Waals surface area contributed by atoms with Gasteiger partial charge >= 0.3 is 0 Å². The van der Waals surface area contributed by atoms with Crippen LogP contribution in [-0.4, -0.2) is 67.7 Å². The molecule has 88 valence electrons. The van der Waals surface area contributed by atoms with Gasteiger partial charge in [0.25, 0.3) is 0 Å². The van der Waals surface area contributed by atoms with E-state index < -0.39 is 0 Å². The molecule has 2 aliphatic heterocycles. The molecule has 2 rings (SSSR count). The summed E-state index contributed by atoms with van der Waals surface area (Å²) >= 11 is 5.96. The molecule has 2 fully saturated rings. The summed E-state index contributed by atoms with van der Waals surface area (Å²) in [7, 11) is 2.17. The molecule has 3 nitrogen and oxygen atoms in total. The Labute approximate surface area is 97.3 Å².